The summed E-state index contributed by atoms with van der Waals surface area (Å²) in [5.41, 5.74) is 27.4. The first-order valence-corrected chi connectivity index (χ1v) is 13.3. The molecule has 0 amide bonds. The van der Waals surface area contributed by atoms with Crippen molar-refractivity contribution in [3.63, 3.8) is 0 Å². The average molecular weight is 521 g/mol. The molecule has 0 spiro atoms. The lowest BCUT2D eigenvalue weighted by molar-refractivity contribution is 1.26. The van der Waals surface area contributed by atoms with E-state index in [4.69, 9.17) is 21.4 Å². The third-order valence-electron chi connectivity index (χ3n) is 7.63. The van der Waals surface area contributed by atoms with Crippen LogP contribution in [0, 0.1) is 13.8 Å². The van der Waals surface area contributed by atoms with Crippen LogP contribution < -0.4 is 11.5 Å². The number of rotatable bonds is 2. The van der Waals surface area contributed by atoms with Gasteiger partial charge in [-0.1, -0.05) is 24.3 Å². The molecule has 6 N–H and O–H groups in total. The van der Waals surface area contributed by atoms with Crippen molar-refractivity contribution in [2.24, 2.45) is 0 Å². The summed E-state index contributed by atoms with van der Waals surface area (Å²) in [7, 11) is 0. The highest BCUT2D eigenvalue weighted by Gasteiger charge is 2.15. The Morgan fingerprint density at radius 3 is 1.32 bits per heavy atom. The Balaban J connectivity index is 1.63. The number of anilines is 2. The van der Waals surface area contributed by atoms with Gasteiger partial charge in [-0.05, 0) is 109 Å². The van der Waals surface area contributed by atoms with Gasteiger partial charge in [-0.3, -0.25) is 0 Å². The summed E-state index contributed by atoms with van der Waals surface area (Å²) in [5.74, 6) is 0. The minimum atomic E-state index is 0.709. The predicted molar refractivity (Wildman–Crippen MR) is 168 cm³/mol. The molecule has 2 aliphatic heterocycles. The highest BCUT2D eigenvalue weighted by atomic mass is 14.8. The van der Waals surface area contributed by atoms with Gasteiger partial charge in [-0.15, -0.1) is 0 Å². The Labute approximate surface area is 231 Å². The zero-order chi connectivity index (χ0) is 27.4. The summed E-state index contributed by atoms with van der Waals surface area (Å²) < 4.78 is 0. The number of aromatic amines is 2. The van der Waals surface area contributed by atoms with E-state index < -0.39 is 0 Å². The number of aryl methyl sites for hydroxylation is 2. The van der Waals surface area contributed by atoms with Crippen molar-refractivity contribution < 1.29 is 0 Å². The molecule has 0 fully saturated rings. The van der Waals surface area contributed by atoms with Gasteiger partial charge >= 0.3 is 0 Å². The monoisotopic (exact) mass is 520 g/mol. The van der Waals surface area contributed by atoms with E-state index in [0.29, 0.717) is 11.4 Å². The third kappa shape index (κ3) is 3.98. The number of nitrogens with zero attached hydrogens (tertiary/aromatic N) is 2. The molecule has 40 heavy (non-hydrogen) atoms. The van der Waals surface area contributed by atoms with Crippen LogP contribution in [-0.4, -0.2) is 19.9 Å². The molecule has 3 aromatic heterocycles. The van der Waals surface area contributed by atoms with Crippen molar-refractivity contribution in [3.05, 3.63) is 107 Å². The second-order valence-electron chi connectivity index (χ2n) is 10.3. The van der Waals surface area contributed by atoms with Crippen molar-refractivity contribution in [1.82, 2.24) is 19.9 Å². The molecule has 194 valence electrons. The molecule has 5 heterocycles. The summed E-state index contributed by atoms with van der Waals surface area (Å²) in [6, 6.07) is 24.3. The maximum Gasteiger partial charge on any atom is 0.0737 e. The Kier molecular flexibility index (Phi) is 5.42. The van der Waals surface area contributed by atoms with Gasteiger partial charge in [0.2, 0.25) is 0 Å². The Morgan fingerprint density at radius 2 is 0.900 bits per heavy atom. The number of hydrogen-bond donors (Lipinski definition) is 4. The number of nitrogen functional groups attached to an aromatic ring is 2. The van der Waals surface area contributed by atoms with Gasteiger partial charge in [0.1, 0.15) is 0 Å². The second-order valence-corrected chi connectivity index (χ2v) is 10.3. The van der Waals surface area contributed by atoms with Crippen molar-refractivity contribution in [2.45, 2.75) is 13.8 Å². The largest absolute Gasteiger partial charge is 0.399 e. The van der Waals surface area contributed by atoms with Gasteiger partial charge in [-0.2, -0.15) is 0 Å². The van der Waals surface area contributed by atoms with Gasteiger partial charge < -0.3 is 21.4 Å². The minimum absolute atomic E-state index is 0.709. The van der Waals surface area contributed by atoms with E-state index in [-0.39, 0.29) is 0 Å². The molecule has 0 unspecified atom stereocenters. The van der Waals surface area contributed by atoms with E-state index in [1.165, 1.54) is 0 Å². The summed E-state index contributed by atoms with van der Waals surface area (Å²) in [6.07, 6.45) is 8.30. The Morgan fingerprint density at radius 1 is 0.500 bits per heavy atom. The van der Waals surface area contributed by atoms with Crippen molar-refractivity contribution >= 4 is 57.7 Å². The quantitative estimate of drug-likeness (QED) is 0.175. The van der Waals surface area contributed by atoms with E-state index in [1.807, 2.05) is 36.4 Å². The first-order chi connectivity index (χ1) is 19.4. The fourth-order valence-electron chi connectivity index (χ4n) is 5.49. The summed E-state index contributed by atoms with van der Waals surface area (Å²) >= 11 is 0. The highest BCUT2D eigenvalue weighted by molar-refractivity contribution is 5.94. The highest BCUT2D eigenvalue weighted by Crippen LogP contribution is 2.34. The minimum Gasteiger partial charge on any atom is -0.399 e. The summed E-state index contributed by atoms with van der Waals surface area (Å²) in [4.78, 5) is 17.5. The Hall–Kier alpha value is -5.36. The topological polar surface area (TPSA) is 109 Å². The van der Waals surface area contributed by atoms with Crippen LogP contribution in [0.4, 0.5) is 11.4 Å². The van der Waals surface area contributed by atoms with Gasteiger partial charge in [0.05, 0.1) is 22.8 Å². The number of nitrogens with one attached hydrogen (secondary N) is 2. The molecular formula is C34H28N6. The van der Waals surface area contributed by atoms with Crippen LogP contribution in [-0.2, 0) is 0 Å². The summed E-state index contributed by atoms with van der Waals surface area (Å²) in [6.45, 7) is 4.18. The molecule has 2 aromatic carbocycles. The lowest BCUT2D eigenvalue weighted by atomic mass is 10.0. The molecule has 6 heteroatoms. The summed E-state index contributed by atoms with van der Waals surface area (Å²) in [5, 5.41) is 0. The zero-order valence-electron chi connectivity index (χ0n) is 22.3. The van der Waals surface area contributed by atoms with E-state index in [9.17, 15) is 0 Å². The lowest BCUT2D eigenvalue weighted by Crippen LogP contribution is -1.90. The number of aromatic nitrogens is 4. The fourth-order valence-corrected chi connectivity index (χ4v) is 5.49. The van der Waals surface area contributed by atoms with Crippen LogP contribution in [0.15, 0.2) is 72.8 Å². The third-order valence-corrected chi connectivity index (χ3v) is 7.63. The van der Waals surface area contributed by atoms with Crippen LogP contribution >= 0.6 is 0 Å². The number of benzene rings is 2. The van der Waals surface area contributed by atoms with Crippen LogP contribution in [0.5, 0.6) is 0 Å². The first-order valence-electron chi connectivity index (χ1n) is 13.3. The SMILES string of the molecule is Cc1c2nc(c(-c3cccc(N)c3)c3ccc([nH]3)c(C)c3nc(c(-c4cccc(N)c4)c4ccc1[nH]4)C=C3)C=C2. The van der Waals surface area contributed by atoms with Crippen LogP contribution in [0.2, 0.25) is 0 Å². The second kappa shape index (κ2) is 9.13. The fraction of sp³-hybridized carbons (Fsp3) is 0.0588. The van der Waals surface area contributed by atoms with Crippen LogP contribution in [0.1, 0.15) is 33.9 Å². The number of fused-ring (bicyclic) bond motifs is 8. The molecule has 0 saturated carbocycles. The van der Waals surface area contributed by atoms with Gasteiger partial charge in [0.15, 0.2) is 0 Å². The van der Waals surface area contributed by atoms with Crippen molar-refractivity contribution in [2.75, 3.05) is 11.5 Å². The molecule has 8 bridgehead atoms. The van der Waals surface area contributed by atoms with E-state index in [0.717, 1.165) is 78.2 Å². The standard InChI is InChI=1S/C34H28N6/c1-19-25-9-13-29(37-25)33(21-5-3-7-23(35)17-21)31-15-11-27(39-31)20(2)28-12-16-32(40-28)34(30-14-10-26(19)38-30)22-6-4-8-24(36)18-22/h3-18,37,40H,35-36H2,1-2H3. The smallest absolute Gasteiger partial charge is 0.0737 e. The van der Waals surface area contributed by atoms with Crippen LogP contribution in [0.3, 0.4) is 0 Å². The number of hydrogen-bond acceptors (Lipinski definition) is 4. The van der Waals surface area contributed by atoms with E-state index in [2.05, 4.69) is 84.5 Å². The van der Waals surface area contributed by atoms with Gasteiger partial charge in [0, 0.05) is 44.6 Å². The predicted octanol–water partition coefficient (Wildman–Crippen LogP) is 7.77. The molecule has 7 rings (SSSR count). The molecule has 6 nitrogen and oxygen atoms in total. The molecule has 2 aliphatic rings. The molecule has 0 saturated heterocycles. The molecule has 5 aromatic rings. The lowest BCUT2D eigenvalue weighted by Gasteiger charge is -2.06. The normalized spacial score (nSPS) is 12.2. The maximum absolute atomic E-state index is 6.20. The molecule has 0 atom stereocenters. The maximum atomic E-state index is 6.20. The van der Waals surface area contributed by atoms with Gasteiger partial charge in [0.25, 0.3) is 0 Å². The van der Waals surface area contributed by atoms with Crippen LogP contribution in [0.25, 0.3) is 68.6 Å². The number of nitrogens with two attached hydrogens (primary N) is 2. The zero-order valence-corrected chi connectivity index (χ0v) is 22.3. The van der Waals surface area contributed by atoms with E-state index >= 15 is 0 Å². The molecule has 0 radical (unpaired) electrons. The van der Waals surface area contributed by atoms with E-state index in [1.54, 1.807) is 0 Å². The van der Waals surface area contributed by atoms with Crippen molar-refractivity contribution in [1.29, 1.82) is 0 Å². The average Bonchev–Trinajstić information content (AvgIpc) is 3.76. The van der Waals surface area contributed by atoms with Gasteiger partial charge in [-0.25, -0.2) is 9.97 Å². The molecular weight excluding hydrogens is 492 g/mol. The molecule has 0 aliphatic carbocycles. The van der Waals surface area contributed by atoms with Crippen molar-refractivity contribution in [3.8, 4) is 22.3 Å². The Bertz CT molecular complexity index is 1910. The number of H-pyrrole nitrogens is 2. The first kappa shape index (κ1) is 23.7.